The largest absolute Gasteiger partial charge is 0.331 e. The fraction of sp³-hybridized carbons (Fsp3) is 0.421. The van der Waals surface area contributed by atoms with Gasteiger partial charge in [-0.2, -0.15) is 5.10 Å². The molecule has 2 aromatic heterocycles. The summed E-state index contributed by atoms with van der Waals surface area (Å²) in [6.07, 6.45) is 2.17. The molecular formula is C19H22N4OS. The summed E-state index contributed by atoms with van der Waals surface area (Å²) in [7, 11) is 1.95. The molecule has 5 nitrogen and oxygen atoms in total. The lowest BCUT2D eigenvalue weighted by molar-refractivity contribution is 0.0729. The van der Waals surface area contributed by atoms with Gasteiger partial charge in [0.1, 0.15) is 0 Å². The Labute approximate surface area is 151 Å². The van der Waals surface area contributed by atoms with Gasteiger partial charge in [0.05, 0.1) is 20.9 Å². The van der Waals surface area contributed by atoms with Crippen LogP contribution in [-0.4, -0.2) is 31.6 Å². The van der Waals surface area contributed by atoms with Crippen molar-refractivity contribution >= 4 is 27.5 Å². The van der Waals surface area contributed by atoms with Gasteiger partial charge in [-0.15, -0.1) is 11.3 Å². The van der Waals surface area contributed by atoms with Crippen LogP contribution in [0.25, 0.3) is 10.2 Å². The van der Waals surface area contributed by atoms with E-state index >= 15 is 0 Å². The second-order valence-corrected chi connectivity index (χ2v) is 8.09. The van der Waals surface area contributed by atoms with Crippen LogP contribution in [0.5, 0.6) is 0 Å². The van der Waals surface area contributed by atoms with Crippen LogP contribution in [0.3, 0.4) is 0 Å². The lowest BCUT2D eigenvalue weighted by Gasteiger charge is -2.23. The Kier molecular flexibility index (Phi) is 3.87. The second-order valence-electron chi connectivity index (χ2n) is 6.85. The molecule has 1 aromatic carbocycles. The molecule has 130 valence electrons. The highest BCUT2D eigenvalue weighted by Crippen LogP contribution is 2.32. The lowest BCUT2D eigenvalue weighted by Crippen LogP contribution is -2.33. The smallest absolute Gasteiger partial charge is 0.254 e. The average Bonchev–Trinajstić information content (AvgIpc) is 3.29. The van der Waals surface area contributed by atoms with Gasteiger partial charge in [-0.3, -0.25) is 9.48 Å². The van der Waals surface area contributed by atoms with Crippen molar-refractivity contribution in [1.82, 2.24) is 19.7 Å². The van der Waals surface area contributed by atoms with Crippen LogP contribution in [0.2, 0.25) is 0 Å². The van der Waals surface area contributed by atoms with Crippen molar-refractivity contribution in [3.63, 3.8) is 0 Å². The fourth-order valence-electron chi connectivity index (χ4n) is 3.31. The van der Waals surface area contributed by atoms with Crippen LogP contribution >= 0.6 is 11.3 Å². The summed E-state index contributed by atoms with van der Waals surface area (Å²) in [6.45, 7) is 6.71. The molecule has 0 saturated heterocycles. The highest BCUT2D eigenvalue weighted by molar-refractivity contribution is 7.18. The van der Waals surface area contributed by atoms with E-state index in [0.29, 0.717) is 12.6 Å². The first-order chi connectivity index (χ1) is 11.9. The Bertz CT molecular complexity index is 967. The van der Waals surface area contributed by atoms with Crippen LogP contribution in [0.1, 0.15) is 45.2 Å². The first kappa shape index (κ1) is 16.3. The van der Waals surface area contributed by atoms with Crippen LogP contribution in [0.4, 0.5) is 0 Å². The molecule has 2 heterocycles. The van der Waals surface area contributed by atoms with E-state index in [0.717, 1.165) is 50.6 Å². The van der Waals surface area contributed by atoms with Gasteiger partial charge in [-0.25, -0.2) is 4.98 Å². The molecule has 0 spiro atoms. The molecule has 0 radical (unpaired) electrons. The van der Waals surface area contributed by atoms with Crippen molar-refractivity contribution in [2.45, 2.75) is 46.2 Å². The minimum Gasteiger partial charge on any atom is -0.331 e. The number of amides is 1. The normalized spacial score (nSPS) is 14.2. The van der Waals surface area contributed by atoms with Gasteiger partial charge in [0.2, 0.25) is 0 Å². The quantitative estimate of drug-likeness (QED) is 0.717. The molecule has 0 N–H and O–H groups in total. The standard InChI is InChI=1S/C19H22N4OS/c1-11-16(12(2)22(4)21-11)10-23(15-6-7-15)19(24)14-5-8-18-17(9-14)20-13(3)25-18/h5,8-9,15H,6-7,10H2,1-4H3. The van der Waals surface area contributed by atoms with Gasteiger partial charge in [0, 0.05) is 36.5 Å². The maximum atomic E-state index is 13.2. The summed E-state index contributed by atoms with van der Waals surface area (Å²) >= 11 is 1.66. The van der Waals surface area contributed by atoms with Gasteiger partial charge in [-0.1, -0.05) is 0 Å². The maximum absolute atomic E-state index is 13.2. The molecule has 4 rings (SSSR count). The summed E-state index contributed by atoms with van der Waals surface area (Å²) in [6, 6.07) is 6.22. The fourth-order valence-corrected chi connectivity index (χ4v) is 4.12. The lowest BCUT2D eigenvalue weighted by atomic mass is 10.1. The number of benzene rings is 1. The van der Waals surface area contributed by atoms with Gasteiger partial charge in [0.15, 0.2) is 0 Å². The van der Waals surface area contributed by atoms with Gasteiger partial charge in [0.25, 0.3) is 5.91 Å². The van der Waals surface area contributed by atoms with Gasteiger partial charge in [-0.05, 0) is 51.8 Å². The SMILES string of the molecule is Cc1nc2cc(C(=O)N(Cc3c(C)nn(C)c3C)C3CC3)ccc2s1. The summed E-state index contributed by atoms with van der Waals surface area (Å²) in [4.78, 5) is 19.7. The van der Waals surface area contributed by atoms with E-state index in [1.54, 1.807) is 11.3 Å². The first-order valence-corrected chi connectivity index (χ1v) is 9.43. The minimum atomic E-state index is 0.0951. The Hall–Kier alpha value is -2.21. The van der Waals surface area contributed by atoms with Crippen molar-refractivity contribution in [2.24, 2.45) is 7.05 Å². The highest BCUT2D eigenvalue weighted by Gasteiger charge is 2.34. The third kappa shape index (κ3) is 2.95. The molecule has 0 unspecified atom stereocenters. The molecular weight excluding hydrogens is 332 g/mol. The summed E-state index contributed by atoms with van der Waals surface area (Å²) < 4.78 is 3.02. The van der Waals surface area contributed by atoms with Crippen LogP contribution in [0.15, 0.2) is 18.2 Å². The monoisotopic (exact) mass is 354 g/mol. The predicted octanol–water partition coefficient (Wildman–Crippen LogP) is 3.76. The predicted molar refractivity (Wildman–Crippen MR) is 99.9 cm³/mol. The molecule has 1 aliphatic carbocycles. The topological polar surface area (TPSA) is 51.0 Å². The number of hydrogen-bond acceptors (Lipinski definition) is 4. The molecule has 6 heteroatoms. The van der Waals surface area contributed by atoms with Gasteiger partial charge < -0.3 is 4.90 Å². The molecule has 25 heavy (non-hydrogen) atoms. The van der Waals surface area contributed by atoms with E-state index in [4.69, 9.17) is 0 Å². The van der Waals surface area contributed by atoms with Crippen LogP contribution < -0.4 is 0 Å². The molecule has 0 bridgehead atoms. The summed E-state index contributed by atoms with van der Waals surface area (Å²) in [5, 5.41) is 5.52. The molecule has 1 saturated carbocycles. The Morgan fingerprint density at radius 2 is 2.08 bits per heavy atom. The van der Waals surface area contributed by atoms with E-state index in [2.05, 4.69) is 17.0 Å². The number of carbonyl (C=O) groups excluding carboxylic acids is 1. The average molecular weight is 354 g/mol. The number of hydrogen-bond donors (Lipinski definition) is 0. The van der Waals surface area contributed by atoms with E-state index in [9.17, 15) is 4.79 Å². The van der Waals surface area contributed by atoms with Crippen molar-refractivity contribution in [2.75, 3.05) is 0 Å². The Morgan fingerprint density at radius 3 is 2.72 bits per heavy atom. The summed E-state index contributed by atoms with van der Waals surface area (Å²) in [5.41, 5.74) is 4.93. The van der Waals surface area contributed by atoms with Gasteiger partial charge >= 0.3 is 0 Å². The van der Waals surface area contributed by atoms with Crippen molar-refractivity contribution < 1.29 is 4.79 Å². The third-order valence-corrected chi connectivity index (χ3v) is 5.93. The van der Waals surface area contributed by atoms with Crippen LogP contribution in [0, 0.1) is 20.8 Å². The maximum Gasteiger partial charge on any atom is 0.254 e. The number of fused-ring (bicyclic) bond motifs is 1. The molecule has 0 aliphatic heterocycles. The number of nitrogens with zero attached hydrogens (tertiary/aromatic N) is 4. The third-order valence-electron chi connectivity index (χ3n) is 4.98. The van der Waals surface area contributed by atoms with Crippen LogP contribution in [-0.2, 0) is 13.6 Å². The number of thiazole rings is 1. The zero-order valence-electron chi connectivity index (χ0n) is 15.0. The number of rotatable bonds is 4. The number of aryl methyl sites for hydroxylation is 3. The minimum absolute atomic E-state index is 0.0951. The summed E-state index contributed by atoms with van der Waals surface area (Å²) in [5.74, 6) is 0.0951. The van der Waals surface area contributed by atoms with E-state index in [-0.39, 0.29) is 5.91 Å². The molecule has 1 fully saturated rings. The first-order valence-electron chi connectivity index (χ1n) is 8.61. The second kappa shape index (κ2) is 5.95. The zero-order valence-corrected chi connectivity index (χ0v) is 15.9. The highest BCUT2D eigenvalue weighted by atomic mass is 32.1. The zero-order chi connectivity index (χ0) is 17.7. The number of aromatic nitrogens is 3. The van der Waals surface area contributed by atoms with Crippen molar-refractivity contribution in [1.29, 1.82) is 0 Å². The van der Waals surface area contributed by atoms with Crippen molar-refractivity contribution in [3.8, 4) is 0 Å². The Morgan fingerprint density at radius 1 is 1.32 bits per heavy atom. The molecule has 3 aromatic rings. The molecule has 0 atom stereocenters. The Balaban J connectivity index is 1.66. The number of carbonyl (C=O) groups is 1. The van der Waals surface area contributed by atoms with E-state index in [1.165, 1.54) is 0 Å². The molecule has 1 aliphatic rings. The van der Waals surface area contributed by atoms with E-state index in [1.807, 2.05) is 48.7 Å². The molecule has 1 amide bonds. The van der Waals surface area contributed by atoms with Crippen molar-refractivity contribution in [3.05, 3.63) is 45.7 Å². The van der Waals surface area contributed by atoms with E-state index < -0.39 is 0 Å².